The first-order valence-electron chi connectivity index (χ1n) is 6.00. The van der Waals surface area contributed by atoms with Gasteiger partial charge in [0.05, 0.1) is 4.90 Å². The van der Waals surface area contributed by atoms with Crippen molar-refractivity contribution in [1.29, 1.82) is 0 Å². The Morgan fingerprint density at radius 2 is 2.16 bits per heavy atom. The van der Waals surface area contributed by atoms with Crippen LogP contribution in [0.25, 0.3) is 0 Å². The van der Waals surface area contributed by atoms with Crippen molar-refractivity contribution < 1.29 is 13.2 Å². The van der Waals surface area contributed by atoms with Gasteiger partial charge in [-0.3, -0.25) is 4.79 Å². The molecule has 2 N–H and O–H groups in total. The van der Waals surface area contributed by atoms with Gasteiger partial charge in [0.2, 0.25) is 15.9 Å². The molecule has 0 bridgehead atoms. The highest BCUT2D eigenvalue weighted by molar-refractivity contribution is 9.10. The van der Waals surface area contributed by atoms with E-state index in [1.54, 1.807) is 11.0 Å². The highest BCUT2D eigenvalue weighted by Crippen LogP contribution is 2.35. The van der Waals surface area contributed by atoms with E-state index in [9.17, 15) is 13.2 Å². The average Bonchev–Trinajstić information content (AvgIpc) is 2.69. The Kier molecular flexibility index (Phi) is 3.98. The lowest BCUT2D eigenvalue weighted by Crippen LogP contribution is -2.28. The molecular weight excluding hydrogens is 332 g/mol. The topological polar surface area (TPSA) is 80.5 Å². The minimum atomic E-state index is -3.80. The molecule has 0 spiro atoms. The molecule has 2 rings (SSSR count). The van der Waals surface area contributed by atoms with Crippen LogP contribution >= 0.6 is 15.9 Å². The molecule has 0 atom stereocenters. The van der Waals surface area contributed by atoms with Crippen molar-refractivity contribution in [3.63, 3.8) is 0 Å². The number of amides is 1. The third kappa shape index (κ3) is 2.82. The Hall–Kier alpha value is -0.920. The van der Waals surface area contributed by atoms with Crippen molar-refractivity contribution in [2.45, 2.75) is 31.1 Å². The van der Waals surface area contributed by atoms with Gasteiger partial charge in [-0.1, -0.05) is 6.92 Å². The number of anilines is 1. The van der Waals surface area contributed by atoms with E-state index in [1.165, 1.54) is 6.07 Å². The van der Waals surface area contributed by atoms with Crippen molar-refractivity contribution >= 4 is 37.5 Å². The summed E-state index contributed by atoms with van der Waals surface area (Å²) in [5.41, 5.74) is 1.62. The van der Waals surface area contributed by atoms with E-state index in [2.05, 4.69) is 15.9 Å². The van der Waals surface area contributed by atoms with Gasteiger partial charge in [0.15, 0.2) is 0 Å². The number of benzene rings is 1. The molecule has 0 saturated heterocycles. The largest absolute Gasteiger partial charge is 0.312 e. The quantitative estimate of drug-likeness (QED) is 0.905. The van der Waals surface area contributed by atoms with Gasteiger partial charge in [0.25, 0.3) is 0 Å². The molecule has 1 amide bonds. The van der Waals surface area contributed by atoms with Gasteiger partial charge in [-0.25, -0.2) is 13.6 Å². The predicted octanol–water partition coefficient (Wildman–Crippen LogP) is 1.79. The van der Waals surface area contributed by atoms with Crippen molar-refractivity contribution in [2.75, 3.05) is 11.4 Å². The lowest BCUT2D eigenvalue weighted by atomic mass is 10.2. The second-order valence-corrected chi connectivity index (χ2v) is 6.89. The first-order valence-corrected chi connectivity index (χ1v) is 8.34. The third-order valence-electron chi connectivity index (χ3n) is 3.10. The summed E-state index contributed by atoms with van der Waals surface area (Å²) in [6.07, 6.45) is 1.96. The first-order chi connectivity index (χ1) is 8.84. The van der Waals surface area contributed by atoms with E-state index in [-0.39, 0.29) is 10.8 Å². The van der Waals surface area contributed by atoms with Gasteiger partial charge >= 0.3 is 0 Å². The molecule has 1 aromatic rings. The Balaban J connectivity index is 2.48. The number of halogens is 1. The zero-order chi connectivity index (χ0) is 14.2. The second-order valence-electron chi connectivity index (χ2n) is 4.50. The monoisotopic (exact) mass is 346 g/mol. The fourth-order valence-corrected chi connectivity index (χ4v) is 3.89. The second kappa shape index (κ2) is 5.22. The highest BCUT2D eigenvalue weighted by Gasteiger charge is 2.27. The van der Waals surface area contributed by atoms with Gasteiger partial charge in [-0.2, -0.15) is 0 Å². The van der Waals surface area contributed by atoms with E-state index in [4.69, 9.17) is 5.14 Å². The fraction of sp³-hybridized carbons (Fsp3) is 0.417. The highest BCUT2D eigenvalue weighted by atomic mass is 79.9. The maximum atomic E-state index is 12.0. The standard InChI is InChI=1S/C12H15BrN2O3S/c1-2-3-12(16)15-5-4-8-6-9(13)11(7-10(8)15)19(14,17)18/h6-7H,2-5H2,1H3,(H2,14,17,18). The minimum absolute atomic E-state index is 0.0162. The van der Waals surface area contributed by atoms with Crippen LogP contribution < -0.4 is 10.0 Å². The molecule has 5 nitrogen and oxygen atoms in total. The molecule has 0 saturated carbocycles. The number of carbonyl (C=O) groups excluding carboxylic acids is 1. The summed E-state index contributed by atoms with van der Waals surface area (Å²) < 4.78 is 23.4. The molecule has 0 aromatic heterocycles. The Labute approximate surface area is 121 Å². The minimum Gasteiger partial charge on any atom is -0.312 e. The molecule has 19 heavy (non-hydrogen) atoms. The molecular formula is C12H15BrN2O3S. The summed E-state index contributed by atoms with van der Waals surface area (Å²) in [6, 6.07) is 3.21. The lowest BCUT2D eigenvalue weighted by molar-refractivity contribution is -0.118. The van der Waals surface area contributed by atoms with Gasteiger partial charge in [0, 0.05) is 23.1 Å². The number of sulfonamides is 1. The number of nitrogens with zero attached hydrogens (tertiary/aromatic N) is 1. The molecule has 0 fully saturated rings. The number of nitrogens with two attached hydrogens (primary N) is 1. The summed E-state index contributed by atoms with van der Waals surface area (Å²) in [6.45, 7) is 2.53. The Morgan fingerprint density at radius 3 is 2.74 bits per heavy atom. The number of fused-ring (bicyclic) bond motifs is 1. The fourth-order valence-electron chi connectivity index (χ4n) is 2.21. The van der Waals surface area contributed by atoms with Crippen molar-refractivity contribution in [3.8, 4) is 0 Å². The SMILES string of the molecule is CCCC(=O)N1CCc2cc(Br)c(S(N)(=O)=O)cc21. The summed E-state index contributed by atoms with van der Waals surface area (Å²) in [4.78, 5) is 13.6. The lowest BCUT2D eigenvalue weighted by Gasteiger charge is -2.18. The van der Waals surface area contributed by atoms with Crippen LogP contribution in [0.4, 0.5) is 5.69 Å². The van der Waals surface area contributed by atoms with Crippen LogP contribution in [0, 0.1) is 0 Å². The van der Waals surface area contributed by atoms with E-state index in [0.717, 1.165) is 18.4 Å². The van der Waals surface area contributed by atoms with Crippen molar-refractivity contribution in [3.05, 3.63) is 22.2 Å². The zero-order valence-corrected chi connectivity index (χ0v) is 12.9. The van der Waals surface area contributed by atoms with Gasteiger partial charge in [-0.15, -0.1) is 0 Å². The molecule has 0 aliphatic carbocycles. The number of rotatable bonds is 3. The number of hydrogen-bond acceptors (Lipinski definition) is 3. The maximum Gasteiger partial charge on any atom is 0.239 e. The normalized spacial score (nSPS) is 14.6. The molecule has 1 heterocycles. The van der Waals surface area contributed by atoms with Crippen LogP contribution in [0.15, 0.2) is 21.5 Å². The summed E-state index contributed by atoms with van der Waals surface area (Å²) in [7, 11) is -3.80. The van der Waals surface area contributed by atoms with Crippen molar-refractivity contribution in [2.24, 2.45) is 5.14 Å². The van der Waals surface area contributed by atoms with Crippen LogP contribution in [0.5, 0.6) is 0 Å². The number of primary sulfonamides is 1. The molecule has 104 valence electrons. The molecule has 7 heteroatoms. The zero-order valence-electron chi connectivity index (χ0n) is 10.5. The van der Waals surface area contributed by atoms with E-state index in [0.29, 0.717) is 23.1 Å². The van der Waals surface area contributed by atoms with E-state index < -0.39 is 10.0 Å². The van der Waals surface area contributed by atoms with Crippen molar-refractivity contribution in [1.82, 2.24) is 0 Å². The van der Waals surface area contributed by atoms with Gasteiger partial charge in [-0.05, 0) is 46.5 Å². The summed E-state index contributed by atoms with van der Waals surface area (Å²) in [5, 5.41) is 5.17. The number of hydrogen-bond donors (Lipinski definition) is 1. The third-order valence-corrected chi connectivity index (χ3v) is 4.97. The van der Waals surface area contributed by atoms with Gasteiger partial charge in [0.1, 0.15) is 0 Å². The molecule has 1 aromatic carbocycles. The molecule has 0 unspecified atom stereocenters. The average molecular weight is 347 g/mol. The molecule has 1 aliphatic rings. The first kappa shape index (κ1) is 14.5. The van der Waals surface area contributed by atoms with Crippen LogP contribution in [-0.4, -0.2) is 20.9 Å². The number of carbonyl (C=O) groups is 1. The smallest absolute Gasteiger partial charge is 0.239 e. The maximum absolute atomic E-state index is 12.0. The summed E-state index contributed by atoms with van der Waals surface area (Å²) in [5.74, 6) is 0.0175. The van der Waals surface area contributed by atoms with E-state index in [1.807, 2.05) is 6.92 Å². The van der Waals surface area contributed by atoms with Crippen LogP contribution in [0.1, 0.15) is 25.3 Å². The van der Waals surface area contributed by atoms with Crippen LogP contribution in [-0.2, 0) is 21.2 Å². The predicted molar refractivity (Wildman–Crippen MR) is 76.5 cm³/mol. The molecule has 0 radical (unpaired) electrons. The van der Waals surface area contributed by atoms with Crippen LogP contribution in [0.2, 0.25) is 0 Å². The van der Waals surface area contributed by atoms with Crippen LogP contribution in [0.3, 0.4) is 0 Å². The molecule has 1 aliphatic heterocycles. The van der Waals surface area contributed by atoms with E-state index >= 15 is 0 Å². The Morgan fingerprint density at radius 1 is 1.47 bits per heavy atom. The van der Waals surface area contributed by atoms with Gasteiger partial charge < -0.3 is 4.90 Å². The summed E-state index contributed by atoms with van der Waals surface area (Å²) >= 11 is 3.21. The Bertz CT molecular complexity index is 628.